The highest BCUT2D eigenvalue weighted by molar-refractivity contribution is 14.0. The summed E-state index contributed by atoms with van der Waals surface area (Å²) >= 11 is 5.09. The first-order valence-electron chi connectivity index (χ1n) is 8.32. The third-order valence-corrected chi connectivity index (χ3v) is 5.38. The number of hydrogen-bond acceptors (Lipinski definition) is 4. The van der Waals surface area contributed by atoms with Crippen LogP contribution in [0.4, 0.5) is 5.69 Å². The maximum atomic E-state index is 12.1. The quantitative estimate of drug-likeness (QED) is 0.279. The van der Waals surface area contributed by atoms with Gasteiger partial charge in [0.1, 0.15) is 5.01 Å². The zero-order chi connectivity index (χ0) is 19.1. The number of aryl methyl sites for hydroxylation is 3. The Kier molecular flexibility index (Phi) is 10.2. The van der Waals surface area contributed by atoms with Crippen LogP contribution < -0.4 is 16.0 Å². The standard InChI is InChI=1S/C18H24BrN5OS.HI/c1-11-9-14(19)5-6-15(11)24-16(25)7-8-21-18(20-4)22-10-17-23-12(2)13(3)26-17;/h5-6,9H,7-8,10H2,1-4H3,(H,24,25)(H2,20,21,22);1H. The van der Waals surface area contributed by atoms with Crippen molar-refractivity contribution in [2.45, 2.75) is 33.7 Å². The van der Waals surface area contributed by atoms with Gasteiger partial charge in [0.15, 0.2) is 5.96 Å². The van der Waals surface area contributed by atoms with Crippen LogP contribution in [0, 0.1) is 20.8 Å². The summed E-state index contributed by atoms with van der Waals surface area (Å²) in [6.07, 6.45) is 0.353. The number of amides is 1. The Hall–Kier alpha value is -1.20. The van der Waals surface area contributed by atoms with Gasteiger partial charge in [0, 0.05) is 35.1 Å². The molecule has 0 aliphatic rings. The van der Waals surface area contributed by atoms with Gasteiger partial charge in [-0.25, -0.2) is 4.98 Å². The minimum absolute atomic E-state index is 0. The predicted octanol–water partition coefficient (Wildman–Crippen LogP) is 4.14. The van der Waals surface area contributed by atoms with E-state index in [1.165, 1.54) is 4.88 Å². The van der Waals surface area contributed by atoms with Crippen LogP contribution in [-0.4, -0.2) is 30.4 Å². The van der Waals surface area contributed by atoms with Crippen LogP contribution >= 0.6 is 51.2 Å². The molecule has 3 N–H and O–H groups in total. The van der Waals surface area contributed by atoms with Gasteiger partial charge in [-0.1, -0.05) is 15.9 Å². The van der Waals surface area contributed by atoms with E-state index in [9.17, 15) is 4.79 Å². The molecule has 2 rings (SSSR count). The first kappa shape index (κ1) is 23.8. The van der Waals surface area contributed by atoms with Crippen molar-refractivity contribution in [3.05, 3.63) is 43.8 Å². The molecule has 0 saturated heterocycles. The fraction of sp³-hybridized carbons (Fsp3) is 0.389. The first-order chi connectivity index (χ1) is 12.4. The molecule has 0 aliphatic carbocycles. The Labute approximate surface area is 189 Å². The SMILES string of the molecule is CN=C(NCCC(=O)Nc1ccc(Br)cc1C)NCc1nc(C)c(C)s1.I. The number of hydrogen-bond donors (Lipinski definition) is 3. The molecule has 27 heavy (non-hydrogen) atoms. The third kappa shape index (κ3) is 7.74. The summed E-state index contributed by atoms with van der Waals surface area (Å²) < 4.78 is 0.996. The lowest BCUT2D eigenvalue weighted by atomic mass is 10.2. The summed E-state index contributed by atoms with van der Waals surface area (Å²) in [6.45, 7) is 7.15. The van der Waals surface area contributed by atoms with Gasteiger partial charge in [-0.3, -0.25) is 9.79 Å². The molecule has 1 amide bonds. The zero-order valence-electron chi connectivity index (χ0n) is 15.9. The van der Waals surface area contributed by atoms with Crippen molar-refractivity contribution in [2.24, 2.45) is 4.99 Å². The molecule has 0 unspecified atom stereocenters. The molecule has 1 heterocycles. The van der Waals surface area contributed by atoms with Crippen LogP contribution in [0.3, 0.4) is 0 Å². The minimum Gasteiger partial charge on any atom is -0.356 e. The van der Waals surface area contributed by atoms with E-state index >= 15 is 0 Å². The van der Waals surface area contributed by atoms with Crippen molar-refractivity contribution in [1.29, 1.82) is 0 Å². The monoisotopic (exact) mass is 565 g/mol. The summed E-state index contributed by atoms with van der Waals surface area (Å²) in [5, 5.41) is 10.3. The molecule has 0 radical (unpaired) electrons. The van der Waals surface area contributed by atoms with Crippen molar-refractivity contribution in [1.82, 2.24) is 15.6 Å². The Morgan fingerprint density at radius 2 is 2.00 bits per heavy atom. The van der Waals surface area contributed by atoms with Gasteiger partial charge in [-0.2, -0.15) is 0 Å². The van der Waals surface area contributed by atoms with Crippen molar-refractivity contribution in [3.63, 3.8) is 0 Å². The van der Waals surface area contributed by atoms with Gasteiger partial charge in [0.2, 0.25) is 5.91 Å². The normalized spacial score (nSPS) is 10.9. The van der Waals surface area contributed by atoms with Crippen LogP contribution in [0.1, 0.15) is 27.6 Å². The summed E-state index contributed by atoms with van der Waals surface area (Å²) in [5.74, 6) is 0.618. The number of carbonyl (C=O) groups excluding carboxylic acids is 1. The topological polar surface area (TPSA) is 78.4 Å². The molecular weight excluding hydrogens is 541 g/mol. The van der Waals surface area contributed by atoms with Crippen molar-refractivity contribution >= 4 is 68.8 Å². The highest BCUT2D eigenvalue weighted by Gasteiger charge is 2.07. The Morgan fingerprint density at radius 3 is 2.59 bits per heavy atom. The number of anilines is 1. The average molecular weight is 566 g/mol. The smallest absolute Gasteiger partial charge is 0.226 e. The van der Waals surface area contributed by atoms with Gasteiger partial charge in [-0.15, -0.1) is 35.3 Å². The van der Waals surface area contributed by atoms with Crippen molar-refractivity contribution < 1.29 is 4.79 Å². The molecule has 0 bridgehead atoms. The number of carbonyl (C=O) groups is 1. The van der Waals surface area contributed by atoms with Crippen LogP contribution in [0.25, 0.3) is 0 Å². The lowest BCUT2D eigenvalue weighted by Gasteiger charge is -2.12. The number of nitrogens with one attached hydrogen (secondary N) is 3. The first-order valence-corrected chi connectivity index (χ1v) is 9.93. The van der Waals surface area contributed by atoms with Crippen molar-refractivity contribution in [2.75, 3.05) is 18.9 Å². The van der Waals surface area contributed by atoms with E-state index in [1.807, 2.05) is 32.0 Å². The Balaban J connectivity index is 0.00000364. The number of thiazole rings is 1. The summed E-state index contributed by atoms with van der Waals surface area (Å²) in [7, 11) is 1.71. The molecule has 6 nitrogen and oxygen atoms in total. The highest BCUT2D eigenvalue weighted by Crippen LogP contribution is 2.20. The summed E-state index contributed by atoms with van der Waals surface area (Å²) in [4.78, 5) is 22.0. The molecule has 0 atom stereocenters. The van der Waals surface area contributed by atoms with Gasteiger partial charge >= 0.3 is 0 Å². The van der Waals surface area contributed by atoms with E-state index in [2.05, 4.69) is 48.8 Å². The predicted molar refractivity (Wildman–Crippen MR) is 127 cm³/mol. The van der Waals surface area contributed by atoms with Crippen LogP contribution in [-0.2, 0) is 11.3 Å². The number of nitrogens with zero attached hydrogens (tertiary/aromatic N) is 2. The number of guanidine groups is 1. The van der Waals surface area contributed by atoms with E-state index < -0.39 is 0 Å². The zero-order valence-corrected chi connectivity index (χ0v) is 20.6. The lowest BCUT2D eigenvalue weighted by Crippen LogP contribution is -2.38. The molecular formula is C18H25BrIN5OS. The summed E-state index contributed by atoms with van der Waals surface area (Å²) in [5.41, 5.74) is 2.91. The van der Waals surface area contributed by atoms with Crippen molar-refractivity contribution in [3.8, 4) is 0 Å². The highest BCUT2D eigenvalue weighted by atomic mass is 127. The van der Waals surface area contributed by atoms with Gasteiger partial charge in [0.25, 0.3) is 0 Å². The molecule has 0 saturated carbocycles. The fourth-order valence-electron chi connectivity index (χ4n) is 2.27. The van der Waals surface area contributed by atoms with E-state index in [0.29, 0.717) is 25.5 Å². The number of benzene rings is 1. The molecule has 148 valence electrons. The minimum atomic E-state index is -0.0375. The van der Waals surface area contributed by atoms with E-state index in [0.717, 1.165) is 26.4 Å². The number of aliphatic imine (C=N–C) groups is 1. The van der Waals surface area contributed by atoms with E-state index in [1.54, 1.807) is 18.4 Å². The Bertz CT molecular complexity index is 790. The number of aromatic nitrogens is 1. The molecule has 0 fully saturated rings. The molecule has 1 aromatic carbocycles. The molecule has 1 aromatic heterocycles. The maximum absolute atomic E-state index is 12.1. The Morgan fingerprint density at radius 1 is 1.26 bits per heavy atom. The van der Waals surface area contributed by atoms with Crippen LogP contribution in [0.5, 0.6) is 0 Å². The lowest BCUT2D eigenvalue weighted by molar-refractivity contribution is -0.116. The largest absolute Gasteiger partial charge is 0.356 e. The second-order valence-corrected chi connectivity index (χ2v) is 8.06. The summed E-state index contributed by atoms with van der Waals surface area (Å²) in [6, 6.07) is 5.78. The molecule has 2 aromatic rings. The fourth-order valence-corrected chi connectivity index (χ4v) is 3.62. The van der Waals surface area contributed by atoms with Gasteiger partial charge in [-0.05, 0) is 44.5 Å². The van der Waals surface area contributed by atoms with E-state index in [-0.39, 0.29) is 29.9 Å². The average Bonchev–Trinajstić information content (AvgIpc) is 2.91. The van der Waals surface area contributed by atoms with Gasteiger partial charge in [0.05, 0.1) is 12.2 Å². The maximum Gasteiger partial charge on any atom is 0.226 e. The number of rotatable bonds is 6. The van der Waals surface area contributed by atoms with Crippen LogP contribution in [0.15, 0.2) is 27.7 Å². The van der Waals surface area contributed by atoms with Gasteiger partial charge < -0.3 is 16.0 Å². The molecule has 0 aliphatic heterocycles. The second kappa shape index (κ2) is 11.6. The van der Waals surface area contributed by atoms with E-state index in [4.69, 9.17) is 0 Å². The van der Waals surface area contributed by atoms with Crippen LogP contribution in [0.2, 0.25) is 0 Å². The molecule has 9 heteroatoms. The second-order valence-electron chi connectivity index (χ2n) is 5.86. The molecule has 0 spiro atoms. The third-order valence-electron chi connectivity index (χ3n) is 3.81. The number of halogens is 2.